The molecule has 0 saturated carbocycles. The van der Waals surface area contributed by atoms with Crippen LogP contribution in [0.15, 0.2) is 45.8 Å². The van der Waals surface area contributed by atoms with Gasteiger partial charge in [-0.25, -0.2) is 17.9 Å². The van der Waals surface area contributed by atoms with Crippen LogP contribution in [0.3, 0.4) is 0 Å². The number of nitriles is 1. The van der Waals surface area contributed by atoms with Gasteiger partial charge in [0.25, 0.3) is 5.91 Å². The van der Waals surface area contributed by atoms with E-state index in [1.54, 1.807) is 6.92 Å². The fraction of sp³-hybridized carbons (Fsp3) is 0.111. The first kappa shape index (κ1) is 20.0. The molecule has 148 valence electrons. The van der Waals surface area contributed by atoms with Crippen LogP contribution in [-0.4, -0.2) is 37.1 Å². The molecule has 0 saturated heterocycles. The molecule has 0 bridgehead atoms. The number of benzene rings is 2. The molecule has 0 atom stereocenters. The number of hydrogen-bond donors (Lipinski definition) is 3. The van der Waals surface area contributed by atoms with Crippen LogP contribution >= 0.6 is 0 Å². The van der Waals surface area contributed by atoms with Crippen molar-refractivity contribution in [2.75, 3.05) is 11.9 Å². The van der Waals surface area contributed by atoms with Gasteiger partial charge in [0, 0.05) is 12.6 Å². The van der Waals surface area contributed by atoms with Gasteiger partial charge >= 0.3 is 5.97 Å². The maximum atomic E-state index is 12.6. The van der Waals surface area contributed by atoms with E-state index in [1.807, 2.05) is 6.07 Å². The van der Waals surface area contributed by atoms with Crippen molar-refractivity contribution in [1.29, 1.82) is 5.26 Å². The molecule has 1 amide bonds. The van der Waals surface area contributed by atoms with E-state index in [1.165, 1.54) is 30.3 Å². The van der Waals surface area contributed by atoms with Gasteiger partial charge in [-0.2, -0.15) is 5.26 Å². The Morgan fingerprint density at radius 3 is 2.66 bits per heavy atom. The van der Waals surface area contributed by atoms with Crippen LogP contribution in [-0.2, 0) is 10.0 Å². The molecule has 0 aliphatic rings. The summed E-state index contributed by atoms with van der Waals surface area (Å²) in [4.78, 5) is 23.9. The van der Waals surface area contributed by atoms with Crippen LogP contribution in [0.25, 0.3) is 11.0 Å². The van der Waals surface area contributed by atoms with Crippen LogP contribution < -0.4 is 10.0 Å². The van der Waals surface area contributed by atoms with E-state index < -0.39 is 21.9 Å². The number of nitrogens with zero attached hydrogens (tertiary/aromatic N) is 2. The van der Waals surface area contributed by atoms with Crippen molar-refractivity contribution in [3.8, 4) is 6.07 Å². The molecule has 10 nitrogen and oxygen atoms in total. The number of sulfonamides is 1. The number of rotatable bonds is 6. The second kappa shape index (κ2) is 7.70. The lowest BCUT2D eigenvalue weighted by Crippen LogP contribution is -2.23. The Morgan fingerprint density at radius 2 is 2.00 bits per heavy atom. The minimum absolute atomic E-state index is 0.0241. The van der Waals surface area contributed by atoms with Crippen molar-refractivity contribution in [2.24, 2.45) is 0 Å². The van der Waals surface area contributed by atoms with Crippen LogP contribution in [0.4, 0.5) is 5.69 Å². The van der Waals surface area contributed by atoms with Gasteiger partial charge in [0.05, 0.1) is 33.2 Å². The maximum absolute atomic E-state index is 12.6. The SMILES string of the molecule is CCNS(=O)(=O)c1ccc2c(C(=O)Nc3ccc(C#N)cc3C(=O)O)noc2c1. The molecule has 1 heterocycles. The molecule has 0 spiro atoms. The van der Waals surface area contributed by atoms with Gasteiger partial charge in [0.2, 0.25) is 10.0 Å². The molecule has 0 unspecified atom stereocenters. The molecule has 3 aromatic rings. The van der Waals surface area contributed by atoms with Gasteiger partial charge in [-0.3, -0.25) is 4.79 Å². The van der Waals surface area contributed by atoms with Crippen molar-refractivity contribution in [2.45, 2.75) is 11.8 Å². The normalized spacial score (nSPS) is 11.2. The third-order valence-electron chi connectivity index (χ3n) is 3.93. The lowest BCUT2D eigenvalue weighted by Gasteiger charge is -2.07. The Bertz CT molecular complexity index is 1270. The highest BCUT2D eigenvalue weighted by Crippen LogP contribution is 2.24. The number of nitrogens with one attached hydrogen (secondary N) is 2. The third-order valence-corrected chi connectivity index (χ3v) is 5.47. The average Bonchev–Trinajstić information content (AvgIpc) is 3.11. The zero-order valence-corrected chi connectivity index (χ0v) is 15.8. The van der Waals surface area contributed by atoms with Gasteiger partial charge in [0.15, 0.2) is 11.3 Å². The predicted molar refractivity (Wildman–Crippen MR) is 101 cm³/mol. The Morgan fingerprint density at radius 1 is 1.24 bits per heavy atom. The molecule has 3 rings (SSSR count). The minimum atomic E-state index is -3.71. The van der Waals surface area contributed by atoms with Gasteiger partial charge in [0.1, 0.15) is 0 Å². The lowest BCUT2D eigenvalue weighted by atomic mass is 10.1. The smallest absolute Gasteiger partial charge is 0.337 e. The van der Waals surface area contributed by atoms with E-state index in [0.717, 1.165) is 6.07 Å². The number of carbonyl (C=O) groups excluding carboxylic acids is 1. The number of amides is 1. The van der Waals surface area contributed by atoms with Gasteiger partial charge < -0.3 is 14.9 Å². The van der Waals surface area contributed by atoms with Crippen molar-refractivity contribution >= 4 is 38.6 Å². The largest absolute Gasteiger partial charge is 0.478 e. The highest BCUT2D eigenvalue weighted by atomic mass is 32.2. The Balaban J connectivity index is 1.95. The number of hydrogen-bond acceptors (Lipinski definition) is 7. The predicted octanol–water partition coefficient (Wildman–Crippen LogP) is 1.95. The molecule has 1 aromatic heterocycles. The first-order chi connectivity index (χ1) is 13.8. The number of carboxylic acid groups (broad SMARTS) is 1. The number of anilines is 1. The fourth-order valence-electron chi connectivity index (χ4n) is 2.60. The molecular formula is C18H14N4O6S. The van der Waals surface area contributed by atoms with E-state index in [0.29, 0.717) is 0 Å². The second-order valence-corrected chi connectivity index (χ2v) is 7.59. The molecule has 29 heavy (non-hydrogen) atoms. The Kier molecular flexibility index (Phi) is 5.31. The summed E-state index contributed by atoms with van der Waals surface area (Å²) in [5.74, 6) is -2.07. The van der Waals surface area contributed by atoms with Crippen molar-refractivity contribution in [3.63, 3.8) is 0 Å². The molecule has 0 fully saturated rings. The average molecular weight is 414 g/mol. The van der Waals surface area contributed by atoms with E-state index in [9.17, 15) is 23.1 Å². The van der Waals surface area contributed by atoms with E-state index >= 15 is 0 Å². The summed E-state index contributed by atoms with van der Waals surface area (Å²) in [6.07, 6.45) is 0. The van der Waals surface area contributed by atoms with Crippen LogP contribution in [0, 0.1) is 11.3 Å². The van der Waals surface area contributed by atoms with E-state index in [-0.39, 0.29) is 44.9 Å². The summed E-state index contributed by atoms with van der Waals surface area (Å²) >= 11 is 0. The van der Waals surface area contributed by atoms with E-state index in [4.69, 9.17) is 9.78 Å². The molecule has 11 heteroatoms. The van der Waals surface area contributed by atoms with Gasteiger partial charge in [-0.15, -0.1) is 0 Å². The topological polar surface area (TPSA) is 162 Å². The monoisotopic (exact) mass is 414 g/mol. The first-order valence-corrected chi connectivity index (χ1v) is 9.73. The number of aromatic carboxylic acids is 1. The van der Waals surface area contributed by atoms with Crippen LogP contribution in [0.1, 0.15) is 33.3 Å². The summed E-state index contributed by atoms with van der Waals surface area (Å²) < 4.78 is 31.6. The lowest BCUT2D eigenvalue weighted by molar-refractivity contribution is 0.0698. The van der Waals surface area contributed by atoms with Gasteiger partial charge in [-0.1, -0.05) is 12.1 Å². The Hall–Kier alpha value is -3.75. The summed E-state index contributed by atoms with van der Waals surface area (Å²) in [6, 6.07) is 9.53. The highest BCUT2D eigenvalue weighted by molar-refractivity contribution is 7.89. The third kappa shape index (κ3) is 3.93. The summed E-state index contributed by atoms with van der Waals surface area (Å²) in [5, 5.41) is 24.5. The zero-order chi connectivity index (χ0) is 21.2. The van der Waals surface area contributed by atoms with Crippen molar-refractivity contribution in [1.82, 2.24) is 9.88 Å². The number of fused-ring (bicyclic) bond motifs is 1. The minimum Gasteiger partial charge on any atom is -0.478 e. The first-order valence-electron chi connectivity index (χ1n) is 8.24. The molecule has 2 aromatic carbocycles. The Labute approximate surface area is 164 Å². The zero-order valence-electron chi connectivity index (χ0n) is 15.0. The molecule has 0 aliphatic heterocycles. The molecular weight excluding hydrogens is 400 g/mol. The molecule has 0 radical (unpaired) electrons. The second-order valence-electron chi connectivity index (χ2n) is 5.82. The number of aromatic nitrogens is 1. The summed E-state index contributed by atoms with van der Waals surface area (Å²) in [7, 11) is -3.71. The maximum Gasteiger partial charge on any atom is 0.337 e. The van der Waals surface area contributed by atoms with Crippen molar-refractivity contribution < 1.29 is 27.6 Å². The summed E-state index contributed by atoms with van der Waals surface area (Å²) in [6.45, 7) is 1.85. The summed E-state index contributed by atoms with van der Waals surface area (Å²) in [5.41, 5.74) is -0.226. The van der Waals surface area contributed by atoms with E-state index in [2.05, 4.69) is 15.2 Å². The van der Waals surface area contributed by atoms with Crippen molar-refractivity contribution in [3.05, 3.63) is 53.2 Å². The quantitative estimate of drug-likeness (QED) is 0.551. The fourth-order valence-corrected chi connectivity index (χ4v) is 3.66. The van der Waals surface area contributed by atoms with Crippen LogP contribution in [0.2, 0.25) is 0 Å². The van der Waals surface area contributed by atoms with Gasteiger partial charge in [-0.05, 0) is 30.3 Å². The molecule has 0 aliphatic carbocycles. The number of carboxylic acids is 1. The number of carbonyl (C=O) groups is 2. The molecule has 3 N–H and O–H groups in total. The highest BCUT2D eigenvalue weighted by Gasteiger charge is 2.21. The van der Waals surface area contributed by atoms with Crippen LogP contribution in [0.5, 0.6) is 0 Å². The standard InChI is InChI=1S/C18H14N4O6S/c1-2-20-29(26,27)11-4-5-12-15(8-11)28-22-16(12)17(23)21-14-6-3-10(9-19)7-13(14)18(24)25/h3-8,20H,2H2,1H3,(H,21,23)(H,24,25).